The average molecular weight is 184 g/mol. The fraction of sp³-hybridized carbons (Fsp3) is 0.900. The summed E-state index contributed by atoms with van der Waals surface area (Å²) in [7, 11) is 0. The second kappa shape index (κ2) is 4.72. The van der Waals surface area contributed by atoms with Crippen LogP contribution in [0.15, 0.2) is 0 Å². The predicted octanol–water partition coefficient (Wildman–Crippen LogP) is 0.635. The van der Waals surface area contributed by atoms with Gasteiger partial charge in [-0.05, 0) is 32.4 Å². The summed E-state index contributed by atoms with van der Waals surface area (Å²) in [4.78, 5) is 13.7. The van der Waals surface area contributed by atoms with Crippen molar-refractivity contribution in [2.45, 2.75) is 32.7 Å². The summed E-state index contributed by atoms with van der Waals surface area (Å²) in [6, 6.07) is 0.0987. The van der Waals surface area contributed by atoms with Crippen LogP contribution in [0.5, 0.6) is 0 Å². The first-order valence-electron chi connectivity index (χ1n) is 5.15. The minimum Gasteiger partial charge on any atom is -0.330 e. The first-order valence-corrected chi connectivity index (χ1v) is 5.15. The van der Waals surface area contributed by atoms with Crippen LogP contribution in [0.4, 0.5) is 0 Å². The van der Waals surface area contributed by atoms with Crippen LogP contribution >= 0.6 is 0 Å². The van der Waals surface area contributed by atoms with Crippen molar-refractivity contribution in [3.63, 3.8) is 0 Å². The first kappa shape index (κ1) is 10.7. The van der Waals surface area contributed by atoms with E-state index in [1.807, 2.05) is 13.8 Å². The van der Waals surface area contributed by atoms with Crippen molar-refractivity contribution in [1.82, 2.24) is 4.90 Å². The quantitative estimate of drug-likeness (QED) is 0.697. The van der Waals surface area contributed by atoms with Crippen LogP contribution in [0.1, 0.15) is 26.7 Å². The van der Waals surface area contributed by atoms with Gasteiger partial charge in [0.25, 0.3) is 0 Å². The fourth-order valence-corrected chi connectivity index (χ4v) is 1.91. The molecule has 3 nitrogen and oxygen atoms in total. The molecule has 76 valence electrons. The number of rotatable bonds is 4. The van der Waals surface area contributed by atoms with Crippen LogP contribution in [-0.4, -0.2) is 36.4 Å². The van der Waals surface area contributed by atoms with E-state index in [4.69, 9.17) is 5.73 Å². The van der Waals surface area contributed by atoms with Crippen molar-refractivity contribution < 1.29 is 4.79 Å². The molecule has 3 heteroatoms. The smallest absolute Gasteiger partial charge is 0.149 e. The van der Waals surface area contributed by atoms with E-state index in [0.717, 1.165) is 26.1 Å². The van der Waals surface area contributed by atoms with Crippen molar-refractivity contribution in [1.29, 1.82) is 0 Å². The third-order valence-corrected chi connectivity index (χ3v) is 3.01. The highest BCUT2D eigenvalue weighted by Crippen LogP contribution is 2.18. The molecule has 0 amide bonds. The minimum absolute atomic E-state index is 0.0987. The monoisotopic (exact) mass is 184 g/mol. The lowest BCUT2D eigenvalue weighted by molar-refractivity contribution is -0.123. The van der Waals surface area contributed by atoms with Crippen molar-refractivity contribution in [2.24, 2.45) is 11.7 Å². The van der Waals surface area contributed by atoms with E-state index in [1.54, 1.807) is 0 Å². The molecular weight excluding hydrogens is 164 g/mol. The molecule has 0 spiro atoms. The number of ketones is 1. The Morgan fingerprint density at radius 1 is 1.69 bits per heavy atom. The van der Waals surface area contributed by atoms with Crippen LogP contribution in [0.3, 0.4) is 0 Å². The number of hydrogen-bond donors (Lipinski definition) is 1. The molecule has 1 aliphatic heterocycles. The maximum atomic E-state index is 11.4. The number of nitrogens with two attached hydrogens (primary N) is 1. The van der Waals surface area contributed by atoms with E-state index in [-0.39, 0.29) is 6.04 Å². The largest absolute Gasteiger partial charge is 0.330 e. The molecule has 0 aromatic rings. The summed E-state index contributed by atoms with van der Waals surface area (Å²) in [5.41, 5.74) is 5.59. The van der Waals surface area contributed by atoms with E-state index in [2.05, 4.69) is 4.90 Å². The Labute approximate surface area is 80.3 Å². The number of Topliss-reactive ketones (excluding diaryl/α,β-unsaturated/α-hetero) is 1. The topological polar surface area (TPSA) is 46.3 Å². The molecule has 0 radical (unpaired) electrons. The van der Waals surface area contributed by atoms with Gasteiger partial charge in [-0.2, -0.15) is 0 Å². The lowest BCUT2D eigenvalue weighted by Gasteiger charge is -2.22. The second-order valence-corrected chi connectivity index (χ2v) is 3.88. The Balaban J connectivity index is 2.41. The first-order chi connectivity index (χ1) is 6.19. The highest BCUT2D eigenvalue weighted by Gasteiger charge is 2.27. The van der Waals surface area contributed by atoms with Crippen LogP contribution in [0.2, 0.25) is 0 Å². The highest BCUT2D eigenvalue weighted by molar-refractivity contribution is 5.83. The van der Waals surface area contributed by atoms with Gasteiger partial charge in [0.2, 0.25) is 0 Å². The van der Waals surface area contributed by atoms with E-state index >= 15 is 0 Å². The lowest BCUT2D eigenvalue weighted by atomic mass is 10.1. The summed E-state index contributed by atoms with van der Waals surface area (Å²) >= 11 is 0. The van der Waals surface area contributed by atoms with Crippen molar-refractivity contribution >= 4 is 5.78 Å². The van der Waals surface area contributed by atoms with E-state index in [9.17, 15) is 4.79 Å². The molecule has 1 aliphatic rings. The van der Waals surface area contributed by atoms with Gasteiger partial charge >= 0.3 is 0 Å². The predicted molar refractivity (Wildman–Crippen MR) is 53.5 cm³/mol. The van der Waals surface area contributed by atoms with Gasteiger partial charge in [0.15, 0.2) is 0 Å². The van der Waals surface area contributed by atoms with Gasteiger partial charge in [-0.1, -0.05) is 6.92 Å². The van der Waals surface area contributed by atoms with Crippen LogP contribution in [0.25, 0.3) is 0 Å². The number of nitrogens with zero attached hydrogens (tertiary/aromatic N) is 1. The van der Waals surface area contributed by atoms with Gasteiger partial charge in [-0.25, -0.2) is 0 Å². The van der Waals surface area contributed by atoms with E-state index in [0.29, 0.717) is 18.1 Å². The molecule has 1 rings (SSSR count). The molecule has 1 heterocycles. The number of likely N-dealkylation sites (tertiary alicyclic amines) is 1. The van der Waals surface area contributed by atoms with E-state index in [1.165, 1.54) is 0 Å². The second-order valence-electron chi connectivity index (χ2n) is 3.88. The number of hydrogen-bond acceptors (Lipinski definition) is 3. The summed E-state index contributed by atoms with van der Waals surface area (Å²) < 4.78 is 0. The zero-order valence-corrected chi connectivity index (χ0v) is 8.62. The molecule has 2 N–H and O–H groups in total. The Bertz CT molecular complexity index is 182. The Kier molecular flexibility index (Phi) is 3.88. The zero-order chi connectivity index (χ0) is 9.84. The number of carbonyl (C=O) groups excluding carboxylic acids is 1. The molecular formula is C10H20N2O. The lowest BCUT2D eigenvalue weighted by Crippen LogP contribution is -2.37. The zero-order valence-electron chi connectivity index (χ0n) is 8.62. The molecule has 2 unspecified atom stereocenters. The van der Waals surface area contributed by atoms with Gasteiger partial charge < -0.3 is 5.73 Å². The van der Waals surface area contributed by atoms with Gasteiger partial charge in [0, 0.05) is 13.0 Å². The van der Waals surface area contributed by atoms with Crippen LogP contribution in [0, 0.1) is 5.92 Å². The SMILES string of the molecule is CCC(=O)C(C)N1CCC(CN)C1. The molecule has 0 aromatic carbocycles. The molecule has 0 aromatic heterocycles. The molecule has 0 aliphatic carbocycles. The molecule has 1 saturated heterocycles. The summed E-state index contributed by atoms with van der Waals surface area (Å²) in [6.45, 7) is 6.72. The van der Waals surface area contributed by atoms with Crippen molar-refractivity contribution in [3.05, 3.63) is 0 Å². The normalized spacial score (nSPS) is 26.2. The van der Waals surface area contributed by atoms with Crippen molar-refractivity contribution in [3.8, 4) is 0 Å². The summed E-state index contributed by atoms with van der Waals surface area (Å²) in [5, 5.41) is 0. The van der Waals surface area contributed by atoms with Crippen LogP contribution < -0.4 is 5.73 Å². The fourth-order valence-electron chi connectivity index (χ4n) is 1.91. The molecule has 2 atom stereocenters. The molecule has 0 saturated carbocycles. The summed E-state index contributed by atoms with van der Waals surface area (Å²) in [6.07, 6.45) is 1.79. The standard InChI is InChI=1S/C10H20N2O/c1-3-10(13)8(2)12-5-4-9(6-11)7-12/h8-9H,3-7,11H2,1-2H3. The Hall–Kier alpha value is -0.410. The minimum atomic E-state index is 0.0987. The van der Waals surface area contributed by atoms with Crippen molar-refractivity contribution in [2.75, 3.05) is 19.6 Å². The Morgan fingerprint density at radius 3 is 2.85 bits per heavy atom. The average Bonchev–Trinajstić information content (AvgIpc) is 2.63. The van der Waals surface area contributed by atoms with Gasteiger partial charge in [-0.15, -0.1) is 0 Å². The Morgan fingerprint density at radius 2 is 2.38 bits per heavy atom. The molecule has 0 bridgehead atoms. The van der Waals surface area contributed by atoms with Gasteiger partial charge in [0.05, 0.1) is 6.04 Å². The molecule has 13 heavy (non-hydrogen) atoms. The third kappa shape index (κ3) is 2.51. The van der Waals surface area contributed by atoms with Gasteiger partial charge in [0.1, 0.15) is 5.78 Å². The van der Waals surface area contributed by atoms with Gasteiger partial charge in [-0.3, -0.25) is 9.69 Å². The molecule has 1 fully saturated rings. The van der Waals surface area contributed by atoms with E-state index < -0.39 is 0 Å². The summed E-state index contributed by atoms with van der Waals surface area (Å²) in [5.74, 6) is 0.949. The maximum Gasteiger partial charge on any atom is 0.149 e. The maximum absolute atomic E-state index is 11.4. The van der Waals surface area contributed by atoms with Crippen LogP contribution in [-0.2, 0) is 4.79 Å². The number of carbonyl (C=O) groups is 1. The third-order valence-electron chi connectivity index (χ3n) is 3.01. The highest BCUT2D eigenvalue weighted by atomic mass is 16.1.